The lowest BCUT2D eigenvalue weighted by molar-refractivity contribution is -0.00777. The predicted octanol–water partition coefficient (Wildman–Crippen LogP) is 3.93. The van der Waals surface area contributed by atoms with Crippen molar-refractivity contribution < 1.29 is 4.39 Å². The number of halogens is 1. The van der Waals surface area contributed by atoms with Crippen LogP contribution in [0.4, 0.5) is 16.2 Å². The fourth-order valence-corrected chi connectivity index (χ4v) is 4.01. The molecular formula is C20H28FN5. The van der Waals surface area contributed by atoms with E-state index in [4.69, 9.17) is 5.73 Å². The maximum atomic E-state index is 15.1. The smallest absolute Gasteiger partial charge is 0.222 e. The van der Waals surface area contributed by atoms with Crippen LogP contribution in [0.15, 0.2) is 30.3 Å². The fraction of sp³-hybridized carbons (Fsp3) is 0.500. The molecule has 2 heterocycles. The average Bonchev–Trinajstić information content (AvgIpc) is 2.56. The van der Waals surface area contributed by atoms with Gasteiger partial charge < -0.3 is 11.1 Å². The van der Waals surface area contributed by atoms with E-state index >= 15 is 4.39 Å². The highest BCUT2D eigenvalue weighted by Gasteiger charge is 2.43. The van der Waals surface area contributed by atoms with Crippen LogP contribution in [0.25, 0.3) is 11.3 Å². The molecule has 1 fully saturated rings. The summed E-state index contributed by atoms with van der Waals surface area (Å²) in [6, 6.07) is 9.31. The standard InChI is InChI=1S/C20H28FN5/c1-19(2)11-14(12-20(3,4)26(19)5)23-17-15(21)16(24-18(22)25-17)13-9-7-6-8-10-13/h6-10,14H,11-12H2,1-5H3,(H3,22,23,24,25). The van der Waals surface area contributed by atoms with Gasteiger partial charge in [-0.3, -0.25) is 4.90 Å². The lowest BCUT2D eigenvalue weighted by Gasteiger charge is -2.53. The first-order valence-electron chi connectivity index (χ1n) is 8.99. The number of rotatable bonds is 3. The minimum absolute atomic E-state index is 0.00325. The Balaban J connectivity index is 1.92. The lowest BCUT2D eigenvalue weighted by Crippen LogP contribution is -2.61. The molecule has 0 aliphatic carbocycles. The molecule has 0 saturated carbocycles. The van der Waals surface area contributed by atoms with Crippen LogP contribution in [0.3, 0.4) is 0 Å². The van der Waals surface area contributed by atoms with Crippen LogP contribution >= 0.6 is 0 Å². The van der Waals surface area contributed by atoms with Crippen molar-refractivity contribution in [2.45, 2.75) is 57.7 Å². The van der Waals surface area contributed by atoms with E-state index in [-0.39, 0.29) is 34.6 Å². The number of nitrogens with two attached hydrogens (primary N) is 1. The Bertz CT molecular complexity index is 770. The highest BCUT2D eigenvalue weighted by Crippen LogP contribution is 2.38. The molecule has 0 spiro atoms. The Morgan fingerprint density at radius 3 is 2.23 bits per heavy atom. The number of hydrogen-bond acceptors (Lipinski definition) is 5. The number of anilines is 2. The largest absolute Gasteiger partial charge is 0.368 e. The molecule has 26 heavy (non-hydrogen) atoms. The van der Waals surface area contributed by atoms with Crippen molar-refractivity contribution in [2.24, 2.45) is 0 Å². The third-order valence-corrected chi connectivity index (χ3v) is 5.56. The van der Waals surface area contributed by atoms with Crippen LogP contribution in [0, 0.1) is 5.82 Å². The molecule has 1 aliphatic heterocycles. The molecule has 0 unspecified atom stereocenters. The van der Waals surface area contributed by atoms with Gasteiger partial charge in [-0.2, -0.15) is 4.98 Å². The first-order valence-corrected chi connectivity index (χ1v) is 8.99. The molecule has 2 aromatic rings. The molecule has 1 aliphatic rings. The van der Waals surface area contributed by atoms with E-state index in [1.165, 1.54) is 0 Å². The van der Waals surface area contributed by atoms with E-state index in [9.17, 15) is 0 Å². The zero-order chi connectivity index (χ0) is 19.1. The minimum Gasteiger partial charge on any atom is -0.368 e. The van der Waals surface area contributed by atoms with Crippen LogP contribution < -0.4 is 11.1 Å². The Hall–Kier alpha value is -2.21. The number of nitrogens with zero attached hydrogens (tertiary/aromatic N) is 3. The van der Waals surface area contributed by atoms with E-state index in [2.05, 4.69) is 54.9 Å². The van der Waals surface area contributed by atoms with Gasteiger partial charge in [0.15, 0.2) is 11.6 Å². The zero-order valence-corrected chi connectivity index (χ0v) is 16.2. The average molecular weight is 357 g/mol. The van der Waals surface area contributed by atoms with Gasteiger partial charge in [0.05, 0.1) is 0 Å². The number of nitrogens with one attached hydrogen (secondary N) is 1. The number of likely N-dealkylation sites (tertiary alicyclic amines) is 1. The van der Waals surface area contributed by atoms with Crippen molar-refractivity contribution in [2.75, 3.05) is 18.1 Å². The zero-order valence-electron chi connectivity index (χ0n) is 16.2. The normalized spacial score (nSPS) is 20.1. The molecule has 0 radical (unpaired) electrons. The number of aromatic nitrogens is 2. The summed E-state index contributed by atoms with van der Waals surface area (Å²) in [6.45, 7) is 8.84. The van der Waals surface area contributed by atoms with E-state index in [0.29, 0.717) is 5.56 Å². The fourth-order valence-electron chi connectivity index (χ4n) is 4.01. The summed E-state index contributed by atoms with van der Waals surface area (Å²) >= 11 is 0. The van der Waals surface area contributed by atoms with Crippen molar-refractivity contribution in [3.05, 3.63) is 36.1 Å². The minimum atomic E-state index is -0.458. The van der Waals surface area contributed by atoms with Crippen LogP contribution in [0.1, 0.15) is 40.5 Å². The second kappa shape index (κ2) is 6.50. The number of piperidine rings is 1. The Morgan fingerprint density at radius 2 is 1.65 bits per heavy atom. The maximum absolute atomic E-state index is 15.1. The molecule has 1 saturated heterocycles. The highest BCUT2D eigenvalue weighted by atomic mass is 19.1. The number of nitrogen functional groups attached to an aromatic ring is 1. The van der Waals surface area contributed by atoms with Gasteiger partial charge in [-0.1, -0.05) is 30.3 Å². The van der Waals surface area contributed by atoms with E-state index in [1.807, 2.05) is 30.3 Å². The lowest BCUT2D eigenvalue weighted by atomic mass is 9.77. The monoisotopic (exact) mass is 357 g/mol. The van der Waals surface area contributed by atoms with Gasteiger partial charge in [-0.05, 0) is 47.6 Å². The van der Waals surface area contributed by atoms with Gasteiger partial charge in [-0.25, -0.2) is 9.37 Å². The maximum Gasteiger partial charge on any atom is 0.222 e. The predicted molar refractivity (Wildman–Crippen MR) is 104 cm³/mol. The quantitative estimate of drug-likeness (QED) is 0.871. The van der Waals surface area contributed by atoms with Crippen molar-refractivity contribution in [3.8, 4) is 11.3 Å². The number of hydrogen-bond donors (Lipinski definition) is 2. The molecule has 3 N–H and O–H groups in total. The van der Waals surface area contributed by atoms with Crippen LogP contribution in [-0.4, -0.2) is 39.0 Å². The molecule has 0 amide bonds. The molecule has 3 rings (SSSR count). The summed E-state index contributed by atoms with van der Waals surface area (Å²) in [4.78, 5) is 10.6. The Morgan fingerprint density at radius 1 is 1.08 bits per heavy atom. The molecule has 6 heteroatoms. The van der Waals surface area contributed by atoms with Crippen LogP contribution in [-0.2, 0) is 0 Å². The van der Waals surface area contributed by atoms with Gasteiger partial charge in [0.25, 0.3) is 0 Å². The molecule has 140 valence electrons. The van der Waals surface area contributed by atoms with Crippen LogP contribution in [0.2, 0.25) is 0 Å². The molecule has 1 aromatic carbocycles. The number of benzene rings is 1. The third-order valence-electron chi connectivity index (χ3n) is 5.56. The van der Waals surface area contributed by atoms with Gasteiger partial charge in [-0.15, -0.1) is 0 Å². The molecule has 0 bridgehead atoms. The van der Waals surface area contributed by atoms with E-state index in [0.717, 1.165) is 12.8 Å². The first kappa shape index (κ1) is 18.6. The highest BCUT2D eigenvalue weighted by molar-refractivity contribution is 5.65. The van der Waals surface area contributed by atoms with Crippen LogP contribution in [0.5, 0.6) is 0 Å². The van der Waals surface area contributed by atoms with Gasteiger partial charge in [0, 0.05) is 22.7 Å². The topological polar surface area (TPSA) is 67.1 Å². The molecule has 0 atom stereocenters. The Kier molecular flexibility index (Phi) is 4.65. The van der Waals surface area contributed by atoms with E-state index in [1.54, 1.807) is 0 Å². The first-order chi connectivity index (χ1) is 12.1. The van der Waals surface area contributed by atoms with Gasteiger partial charge in [0.1, 0.15) is 5.69 Å². The summed E-state index contributed by atoms with van der Waals surface area (Å²) in [5, 5.41) is 3.30. The SMILES string of the molecule is CN1C(C)(C)CC(Nc2nc(N)nc(-c3ccccc3)c2F)CC1(C)C. The Labute approximate surface area is 154 Å². The third kappa shape index (κ3) is 3.51. The summed E-state index contributed by atoms with van der Waals surface area (Å²) in [5.74, 6) is -0.211. The molecular weight excluding hydrogens is 329 g/mol. The van der Waals surface area contributed by atoms with Crippen molar-refractivity contribution in [1.82, 2.24) is 14.9 Å². The summed E-state index contributed by atoms with van der Waals surface area (Å²) in [6.07, 6.45) is 1.77. The summed E-state index contributed by atoms with van der Waals surface area (Å²) in [7, 11) is 2.15. The van der Waals surface area contributed by atoms with Gasteiger partial charge in [0.2, 0.25) is 5.95 Å². The molecule has 5 nitrogen and oxygen atoms in total. The van der Waals surface area contributed by atoms with Gasteiger partial charge >= 0.3 is 0 Å². The second-order valence-corrected chi connectivity index (χ2v) is 8.39. The van der Waals surface area contributed by atoms with Crippen molar-refractivity contribution in [1.29, 1.82) is 0 Å². The van der Waals surface area contributed by atoms with Crippen molar-refractivity contribution in [3.63, 3.8) is 0 Å². The summed E-state index contributed by atoms with van der Waals surface area (Å²) < 4.78 is 15.1. The van der Waals surface area contributed by atoms with Crippen molar-refractivity contribution >= 4 is 11.8 Å². The van der Waals surface area contributed by atoms with E-state index < -0.39 is 5.82 Å². The summed E-state index contributed by atoms with van der Waals surface area (Å²) in [5.41, 5.74) is 6.77. The molecule has 1 aromatic heterocycles. The second-order valence-electron chi connectivity index (χ2n) is 8.39.